The van der Waals surface area contributed by atoms with Crippen LogP contribution in [0, 0.1) is 6.92 Å². The van der Waals surface area contributed by atoms with Crippen molar-refractivity contribution in [3.8, 4) is 28.3 Å². The van der Waals surface area contributed by atoms with Crippen molar-refractivity contribution < 1.29 is 18.8 Å². The van der Waals surface area contributed by atoms with Crippen molar-refractivity contribution in [1.82, 2.24) is 10.1 Å². The predicted octanol–water partition coefficient (Wildman–Crippen LogP) is 6.06. The van der Waals surface area contributed by atoms with Gasteiger partial charge in [-0.25, -0.2) is 0 Å². The second-order valence-electron chi connectivity index (χ2n) is 8.62. The third-order valence-corrected chi connectivity index (χ3v) is 6.38. The van der Waals surface area contributed by atoms with Gasteiger partial charge < -0.3 is 19.3 Å². The molecule has 0 saturated heterocycles. The normalized spacial score (nSPS) is 13.8. The van der Waals surface area contributed by atoms with E-state index in [4.69, 9.17) is 14.0 Å². The van der Waals surface area contributed by atoms with Gasteiger partial charge in [-0.1, -0.05) is 59.8 Å². The van der Waals surface area contributed by atoms with Gasteiger partial charge in [0, 0.05) is 11.6 Å². The molecule has 1 aliphatic carbocycles. The second kappa shape index (κ2) is 9.25. The molecule has 5 rings (SSSR count). The van der Waals surface area contributed by atoms with Gasteiger partial charge in [-0.05, 0) is 49.4 Å². The first-order chi connectivity index (χ1) is 17.0. The first-order valence-electron chi connectivity index (χ1n) is 11.7. The number of hydrogen-bond donors (Lipinski definition) is 1. The standard InChI is InChI=1S/C28H27N3O4/c1-4-34-27(32)28(16-17-28)22-14-12-20(13-15-22)19-8-10-21(11-9-19)26-25(18(2)31-35-26)30-23-6-5-7-24(29-23)33-3/h5-15H,4,16-17H2,1-3H3,(H,29,30). The molecule has 0 bridgehead atoms. The minimum Gasteiger partial charge on any atom is -0.481 e. The number of pyridine rings is 1. The molecule has 1 N–H and O–H groups in total. The first-order valence-corrected chi connectivity index (χ1v) is 11.7. The van der Waals surface area contributed by atoms with E-state index in [1.165, 1.54) is 0 Å². The second-order valence-corrected chi connectivity index (χ2v) is 8.62. The molecule has 1 saturated carbocycles. The number of anilines is 2. The molecule has 0 unspecified atom stereocenters. The lowest BCUT2D eigenvalue weighted by atomic mass is 9.93. The van der Waals surface area contributed by atoms with Gasteiger partial charge >= 0.3 is 5.97 Å². The molecule has 1 fully saturated rings. The molecule has 35 heavy (non-hydrogen) atoms. The van der Waals surface area contributed by atoms with Crippen molar-refractivity contribution >= 4 is 17.5 Å². The molecule has 0 atom stereocenters. The molecule has 0 amide bonds. The Morgan fingerprint density at radius 3 is 2.29 bits per heavy atom. The van der Waals surface area contributed by atoms with Crippen LogP contribution in [0.5, 0.6) is 5.88 Å². The maximum absolute atomic E-state index is 12.4. The number of hydrogen-bond acceptors (Lipinski definition) is 7. The Kier molecular flexibility index (Phi) is 5.99. The van der Waals surface area contributed by atoms with Crippen LogP contribution in [-0.4, -0.2) is 29.8 Å². The van der Waals surface area contributed by atoms with E-state index in [1.807, 2.05) is 62.4 Å². The largest absolute Gasteiger partial charge is 0.481 e. The molecule has 2 aromatic carbocycles. The van der Waals surface area contributed by atoms with Crippen LogP contribution in [0.25, 0.3) is 22.5 Å². The molecular formula is C28H27N3O4. The highest BCUT2D eigenvalue weighted by Gasteiger charge is 2.52. The number of methoxy groups -OCH3 is 1. The summed E-state index contributed by atoms with van der Waals surface area (Å²) in [7, 11) is 1.58. The van der Waals surface area contributed by atoms with Gasteiger partial charge in [0.2, 0.25) is 5.88 Å². The van der Waals surface area contributed by atoms with Crippen LogP contribution in [0.2, 0.25) is 0 Å². The quantitative estimate of drug-likeness (QED) is 0.314. The number of carbonyl (C=O) groups is 1. The van der Waals surface area contributed by atoms with E-state index < -0.39 is 5.41 Å². The van der Waals surface area contributed by atoms with E-state index in [2.05, 4.69) is 27.6 Å². The summed E-state index contributed by atoms with van der Waals surface area (Å²) in [4.78, 5) is 16.8. The molecule has 178 valence electrons. The van der Waals surface area contributed by atoms with E-state index in [0.29, 0.717) is 24.1 Å². The number of rotatable bonds is 8. The lowest BCUT2D eigenvalue weighted by molar-refractivity contribution is -0.146. The Morgan fingerprint density at radius 1 is 1.00 bits per heavy atom. The summed E-state index contributed by atoms with van der Waals surface area (Å²) in [6.45, 7) is 4.13. The highest BCUT2D eigenvalue weighted by Crippen LogP contribution is 2.49. The average Bonchev–Trinajstić information content (AvgIpc) is 3.64. The number of ether oxygens (including phenoxy) is 2. The van der Waals surface area contributed by atoms with E-state index in [0.717, 1.165) is 46.5 Å². The van der Waals surface area contributed by atoms with Crippen molar-refractivity contribution in [2.45, 2.75) is 32.1 Å². The van der Waals surface area contributed by atoms with Crippen molar-refractivity contribution in [2.24, 2.45) is 0 Å². The fraction of sp³-hybridized carbons (Fsp3) is 0.250. The highest BCUT2D eigenvalue weighted by molar-refractivity contribution is 5.87. The molecule has 7 nitrogen and oxygen atoms in total. The third-order valence-electron chi connectivity index (χ3n) is 6.38. The molecule has 4 aromatic rings. The number of benzene rings is 2. The summed E-state index contributed by atoms with van der Waals surface area (Å²) in [5.41, 5.74) is 5.11. The van der Waals surface area contributed by atoms with E-state index >= 15 is 0 Å². The number of nitrogens with one attached hydrogen (secondary N) is 1. The zero-order valence-corrected chi connectivity index (χ0v) is 20.0. The number of esters is 1. The van der Waals surface area contributed by atoms with Crippen LogP contribution in [0.1, 0.15) is 31.0 Å². The number of carbonyl (C=O) groups excluding carboxylic acids is 1. The molecule has 0 aliphatic heterocycles. The topological polar surface area (TPSA) is 86.5 Å². The Balaban J connectivity index is 1.36. The molecule has 0 radical (unpaired) electrons. The van der Waals surface area contributed by atoms with Gasteiger partial charge in [0.05, 0.1) is 19.1 Å². The summed E-state index contributed by atoms with van der Waals surface area (Å²) in [6.07, 6.45) is 1.69. The summed E-state index contributed by atoms with van der Waals surface area (Å²) in [6, 6.07) is 21.8. The molecule has 0 spiro atoms. The average molecular weight is 470 g/mol. The number of aryl methyl sites for hydroxylation is 1. The SMILES string of the molecule is CCOC(=O)C1(c2ccc(-c3ccc(-c4onc(C)c4Nc4cccc(OC)n4)cc3)cc2)CC1. The van der Waals surface area contributed by atoms with Gasteiger partial charge in [0.15, 0.2) is 5.76 Å². The van der Waals surface area contributed by atoms with Crippen LogP contribution in [0.15, 0.2) is 71.3 Å². The third kappa shape index (κ3) is 4.37. The first kappa shape index (κ1) is 22.7. The van der Waals surface area contributed by atoms with Gasteiger partial charge in [0.1, 0.15) is 17.2 Å². The van der Waals surface area contributed by atoms with E-state index in [-0.39, 0.29) is 5.97 Å². The Bertz CT molecular complexity index is 1340. The van der Waals surface area contributed by atoms with Crippen LogP contribution in [-0.2, 0) is 14.9 Å². The zero-order valence-electron chi connectivity index (χ0n) is 20.0. The summed E-state index contributed by atoms with van der Waals surface area (Å²) in [5, 5.41) is 7.44. The lowest BCUT2D eigenvalue weighted by Crippen LogP contribution is -2.23. The van der Waals surface area contributed by atoms with Crippen molar-refractivity contribution in [3.63, 3.8) is 0 Å². The van der Waals surface area contributed by atoms with Crippen LogP contribution in [0.4, 0.5) is 11.5 Å². The lowest BCUT2D eigenvalue weighted by Gasteiger charge is -2.14. The van der Waals surface area contributed by atoms with Crippen molar-refractivity contribution in [3.05, 3.63) is 78.0 Å². The molecule has 7 heteroatoms. The Morgan fingerprint density at radius 2 is 1.66 bits per heavy atom. The van der Waals surface area contributed by atoms with E-state index in [9.17, 15) is 4.79 Å². The maximum Gasteiger partial charge on any atom is 0.316 e. The van der Waals surface area contributed by atoms with Crippen LogP contribution >= 0.6 is 0 Å². The minimum absolute atomic E-state index is 0.118. The van der Waals surface area contributed by atoms with Gasteiger partial charge in [-0.2, -0.15) is 4.98 Å². The van der Waals surface area contributed by atoms with Crippen LogP contribution < -0.4 is 10.1 Å². The van der Waals surface area contributed by atoms with E-state index in [1.54, 1.807) is 13.2 Å². The molecule has 1 aliphatic rings. The molecule has 2 heterocycles. The molecular weight excluding hydrogens is 442 g/mol. The highest BCUT2D eigenvalue weighted by atomic mass is 16.5. The summed E-state index contributed by atoms with van der Waals surface area (Å²) in [5.74, 6) is 1.69. The van der Waals surface area contributed by atoms with Crippen molar-refractivity contribution in [2.75, 3.05) is 19.0 Å². The van der Waals surface area contributed by atoms with Gasteiger partial charge in [-0.15, -0.1) is 0 Å². The zero-order chi connectivity index (χ0) is 24.4. The smallest absolute Gasteiger partial charge is 0.316 e. The summed E-state index contributed by atoms with van der Waals surface area (Å²) >= 11 is 0. The van der Waals surface area contributed by atoms with Gasteiger partial charge in [0.25, 0.3) is 0 Å². The monoisotopic (exact) mass is 469 g/mol. The molecule has 2 aromatic heterocycles. The predicted molar refractivity (Wildman–Crippen MR) is 134 cm³/mol. The maximum atomic E-state index is 12.4. The Labute approximate surface area is 204 Å². The van der Waals surface area contributed by atoms with Gasteiger partial charge in [-0.3, -0.25) is 4.79 Å². The Hall–Kier alpha value is -4.13. The van der Waals surface area contributed by atoms with Crippen molar-refractivity contribution in [1.29, 1.82) is 0 Å². The summed E-state index contributed by atoms with van der Waals surface area (Å²) < 4.78 is 16.1. The fourth-order valence-corrected chi connectivity index (χ4v) is 4.24. The number of nitrogens with zero attached hydrogens (tertiary/aromatic N) is 2. The van der Waals surface area contributed by atoms with Crippen LogP contribution in [0.3, 0.4) is 0 Å². The number of aromatic nitrogens is 2. The fourth-order valence-electron chi connectivity index (χ4n) is 4.24. The minimum atomic E-state index is -0.455.